The Morgan fingerprint density at radius 2 is 0.563 bits per heavy atom. The van der Waals surface area contributed by atoms with Crippen LogP contribution in [-0.2, 0) is 28.6 Å². The molecular weight excluding hydrogens is 877 g/mol. The SMILES string of the molecule is CC/C=C\C/C=C\C/C=C\C/C=C\C/C=C\CCCCCC(=O)OC[C@H](COC(=O)CCCCCCCCC/C=C\CCCCCCCC)OC(=O)CCC/C=C\C/C=C\C/C=C\C/C=C\C/C=C\CC. The van der Waals surface area contributed by atoms with Crippen LogP contribution in [0.3, 0.4) is 0 Å². The van der Waals surface area contributed by atoms with Gasteiger partial charge in [0, 0.05) is 19.3 Å². The van der Waals surface area contributed by atoms with E-state index < -0.39 is 6.10 Å². The summed E-state index contributed by atoms with van der Waals surface area (Å²) in [7, 11) is 0. The van der Waals surface area contributed by atoms with E-state index in [9.17, 15) is 14.4 Å². The average molecular weight is 982 g/mol. The van der Waals surface area contributed by atoms with Gasteiger partial charge in [-0.25, -0.2) is 0 Å². The summed E-state index contributed by atoms with van der Waals surface area (Å²) in [5.41, 5.74) is 0. The molecule has 6 nitrogen and oxygen atoms in total. The van der Waals surface area contributed by atoms with Crippen molar-refractivity contribution in [2.75, 3.05) is 13.2 Å². The van der Waals surface area contributed by atoms with Gasteiger partial charge in [0.15, 0.2) is 6.10 Å². The topological polar surface area (TPSA) is 78.9 Å². The molecular formula is C65H104O6. The van der Waals surface area contributed by atoms with Gasteiger partial charge in [-0.05, 0) is 128 Å². The van der Waals surface area contributed by atoms with E-state index in [2.05, 4.69) is 154 Å². The summed E-state index contributed by atoms with van der Waals surface area (Å²) in [5.74, 6) is -1.02. The van der Waals surface area contributed by atoms with Crippen molar-refractivity contribution in [3.05, 3.63) is 134 Å². The first-order valence-corrected chi connectivity index (χ1v) is 28.7. The summed E-state index contributed by atoms with van der Waals surface area (Å²) in [6.07, 6.45) is 81.6. The van der Waals surface area contributed by atoms with Crippen LogP contribution in [0.15, 0.2) is 134 Å². The Morgan fingerprint density at radius 1 is 0.296 bits per heavy atom. The number of unbranched alkanes of at least 4 members (excludes halogenated alkanes) is 17. The third kappa shape index (κ3) is 56.3. The van der Waals surface area contributed by atoms with Crippen LogP contribution in [-0.4, -0.2) is 37.2 Å². The molecule has 0 rings (SSSR count). The number of ether oxygens (including phenoxy) is 3. The van der Waals surface area contributed by atoms with Crippen LogP contribution in [0.5, 0.6) is 0 Å². The molecule has 0 fully saturated rings. The zero-order chi connectivity index (χ0) is 51.4. The number of carbonyl (C=O) groups is 3. The van der Waals surface area contributed by atoms with Gasteiger partial charge in [-0.3, -0.25) is 14.4 Å². The fourth-order valence-corrected chi connectivity index (χ4v) is 7.38. The molecule has 0 aromatic carbocycles. The molecule has 0 aromatic heterocycles. The van der Waals surface area contributed by atoms with Crippen LogP contribution in [0.4, 0.5) is 0 Å². The Kier molecular flexibility index (Phi) is 54.5. The average Bonchev–Trinajstić information content (AvgIpc) is 3.37. The van der Waals surface area contributed by atoms with Crippen LogP contribution in [0, 0.1) is 0 Å². The van der Waals surface area contributed by atoms with Gasteiger partial charge in [0.2, 0.25) is 0 Å². The summed E-state index contributed by atoms with van der Waals surface area (Å²) < 4.78 is 16.8. The number of esters is 3. The molecule has 0 N–H and O–H groups in total. The first kappa shape index (κ1) is 66.6. The number of carbonyl (C=O) groups excluding carboxylic acids is 3. The Hall–Kier alpha value is -4.45. The molecule has 0 saturated carbocycles. The van der Waals surface area contributed by atoms with Gasteiger partial charge in [-0.2, -0.15) is 0 Å². The predicted octanol–water partition coefficient (Wildman–Crippen LogP) is 19.4. The highest BCUT2D eigenvalue weighted by Gasteiger charge is 2.19. The van der Waals surface area contributed by atoms with Gasteiger partial charge < -0.3 is 14.2 Å². The lowest BCUT2D eigenvalue weighted by Crippen LogP contribution is -2.30. The van der Waals surface area contributed by atoms with Crippen molar-refractivity contribution < 1.29 is 28.6 Å². The molecule has 0 amide bonds. The molecule has 0 aliphatic carbocycles. The van der Waals surface area contributed by atoms with Gasteiger partial charge in [0.25, 0.3) is 0 Å². The minimum atomic E-state index is -0.829. The largest absolute Gasteiger partial charge is 0.462 e. The highest BCUT2D eigenvalue weighted by Crippen LogP contribution is 2.13. The highest BCUT2D eigenvalue weighted by molar-refractivity contribution is 5.71. The number of hydrogen-bond donors (Lipinski definition) is 0. The second-order valence-electron chi connectivity index (χ2n) is 18.4. The molecule has 0 aromatic rings. The van der Waals surface area contributed by atoms with Crippen molar-refractivity contribution in [3.63, 3.8) is 0 Å². The summed E-state index contributed by atoms with van der Waals surface area (Å²) in [5, 5.41) is 0. The van der Waals surface area contributed by atoms with Gasteiger partial charge >= 0.3 is 17.9 Å². The van der Waals surface area contributed by atoms with Crippen LogP contribution < -0.4 is 0 Å². The molecule has 0 aliphatic rings. The lowest BCUT2D eigenvalue weighted by molar-refractivity contribution is -0.167. The van der Waals surface area contributed by atoms with Crippen molar-refractivity contribution >= 4 is 17.9 Å². The van der Waals surface area contributed by atoms with Crippen LogP contribution in [0.2, 0.25) is 0 Å². The number of allylic oxidation sites excluding steroid dienone is 22. The second kappa shape index (κ2) is 58.1. The summed E-state index contributed by atoms with van der Waals surface area (Å²) in [6, 6.07) is 0. The monoisotopic (exact) mass is 981 g/mol. The van der Waals surface area contributed by atoms with Gasteiger partial charge in [0.05, 0.1) is 0 Å². The second-order valence-corrected chi connectivity index (χ2v) is 18.4. The van der Waals surface area contributed by atoms with E-state index in [1.165, 1.54) is 77.0 Å². The van der Waals surface area contributed by atoms with Crippen molar-refractivity contribution in [1.82, 2.24) is 0 Å². The fourth-order valence-electron chi connectivity index (χ4n) is 7.38. The predicted molar refractivity (Wildman–Crippen MR) is 306 cm³/mol. The maximum Gasteiger partial charge on any atom is 0.306 e. The molecule has 6 heteroatoms. The molecule has 0 spiro atoms. The number of hydrogen-bond acceptors (Lipinski definition) is 6. The Labute approximate surface area is 436 Å². The molecule has 0 unspecified atom stereocenters. The fraction of sp³-hybridized carbons (Fsp3) is 0.615. The van der Waals surface area contributed by atoms with Crippen molar-refractivity contribution in [3.8, 4) is 0 Å². The van der Waals surface area contributed by atoms with E-state index in [1.807, 2.05) is 0 Å². The lowest BCUT2D eigenvalue weighted by atomic mass is 10.1. The van der Waals surface area contributed by atoms with Crippen LogP contribution in [0.25, 0.3) is 0 Å². The van der Waals surface area contributed by atoms with Crippen LogP contribution in [0.1, 0.15) is 239 Å². The molecule has 1 atom stereocenters. The molecule has 0 heterocycles. The smallest absolute Gasteiger partial charge is 0.306 e. The third-order valence-corrected chi connectivity index (χ3v) is 11.6. The van der Waals surface area contributed by atoms with E-state index in [0.717, 1.165) is 116 Å². The summed E-state index contributed by atoms with van der Waals surface area (Å²) in [4.78, 5) is 38.2. The Bertz CT molecular complexity index is 1550. The molecule has 0 bridgehead atoms. The molecule has 0 saturated heterocycles. The highest BCUT2D eigenvalue weighted by atomic mass is 16.6. The maximum atomic E-state index is 12.8. The van der Waals surface area contributed by atoms with E-state index in [1.54, 1.807) is 0 Å². The maximum absolute atomic E-state index is 12.8. The van der Waals surface area contributed by atoms with Crippen LogP contribution >= 0.6 is 0 Å². The summed E-state index contributed by atoms with van der Waals surface area (Å²) >= 11 is 0. The van der Waals surface area contributed by atoms with E-state index in [0.29, 0.717) is 19.3 Å². The normalized spacial score (nSPS) is 13.1. The molecule has 0 aliphatic heterocycles. The van der Waals surface area contributed by atoms with Gasteiger partial charge in [0.1, 0.15) is 13.2 Å². The first-order valence-electron chi connectivity index (χ1n) is 28.7. The minimum Gasteiger partial charge on any atom is -0.462 e. The lowest BCUT2D eigenvalue weighted by Gasteiger charge is -2.18. The quantitative estimate of drug-likeness (QED) is 0.0262. The molecule has 0 radical (unpaired) electrons. The van der Waals surface area contributed by atoms with Gasteiger partial charge in [-0.1, -0.05) is 225 Å². The van der Waals surface area contributed by atoms with E-state index >= 15 is 0 Å². The van der Waals surface area contributed by atoms with Crippen molar-refractivity contribution in [2.45, 2.75) is 245 Å². The van der Waals surface area contributed by atoms with Crippen molar-refractivity contribution in [1.29, 1.82) is 0 Å². The summed E-state index contributed by atoms with van der Waals surface area (Å²) in [6.45, 7) is 6.32. The third-order valence-electron chi connectivity index (χ3n) is 11.6. The van der Waals surface area contributed by atoms with Gasteiger partial charge in [-0.15, -0.1) is 0 Å². The Balaban J connectivity index is 4.56. The molecule has 400 valence electrons. The zero-order valence-electron chi connectivity index (χ0n) is 45.7. The molecule has 71 heavy (non-hydrogen) atoms. The minimum absolute atomic E-state index is 0.118. The zero-order valence-corrected chi connectivity index (χ0v) is 45.7. The Morgan fingerprint density at radius 3 is 0.930 bits per heavy atom. The van der Waals surface area contributed by atoms with E-state index in [-0.39, 0.29) is 37.5 Å². The number of rotatable bonds is 50. The van der Waals surface area contributed by atoms with E-state index in [4.69, 9.17) is 14.2 Å². The first-order chi connectivity index (χ1) is 35.0. The van der Waals surface area contributed by atoms with Crippen molar-refractivity contribution in [2.24, 2.45) is 0 Å². The standard InChI is InChI=1S/C65H104O6/c1-4-7-10-13-16-19-22-25-28-31-32-35-37-40-43-46-49-52-55-58-64(67)70-61-62(71-65(68)59-56-53-50-47-44-41-38-34-30-27-24-21-18-15-12-9-6-3)60-69-63(66)57-54-51-48-45-42-39-36-33-29-26-23-20-17-14-11-8-5-2/h7,9-10,12,16,18-19,21,25-30,32,35,38,40-41,43,47,50,62H,4-6,8,11,13-15,17,20,22-24,31,33-34,36-37,39,42,44-46,48-49,51-61H2,1-3H3/b10-7-,12-9-,19-16-,21-18-,28-25-,29-26-,30-27-,35-32-,41-38-,43-40-,50-47-/t62-/m0/s1.